The summed E-state index contributed by atoms with van der Waals surface area (Å²) in [7, 11) is 0. The number of likely N-dealkylation sites (tertiary alicyclic amines) is 1. The van der Waals surface area contributed by atoms with Gasteiger partial charge in [-0.05, 0) is 18.2 Å². The molecular formula is C14H17ClFN3O. The van der Waals surface area contributed by atoms with Crippen molar-refractivity contribution in [2.24, 2.45) is 0 Å². The molecule has 1 N–H and O–H groups in total. The summed E-state index contributed by atoms with van der Waals surface area (Å²) in [5.41, 5.74) is 0.0660. The van der Waals surface area contributed by atoms with E-state index in [-0.39, 0.29) is 11.5 Å². The Bertz CT molecular complexity index is 513. The van der Waals surface area contributed by atoms with Gasteiger partial charge < -0.3 is 10.2 Å². The van der Waals surface area contributed by atoms with Crippen LogP contribution in [-0.2, 0) is 0 Å². The molecule has 2 heterocycles. The van der Waals surface area contributed by atoms with Gasteiger partial charge in [0.25, 0.3) is 5.91 Å². The van der Waals surface area contributed by atoms with E-state index in [2.05, 4.69) is 10.2 Å². The first kappa shape index (κ1) is 13.8. The number of hydrogen-bond acceptors (Lipinski definition) is 3. The molecule has 6 heteroatoms. The Morgan fingerprint density at radius 3 is 2.70 bits per heavy atom. The molecule has 4 nitrogen and oxygen atoms in total. The molecule has 20 heavy (non-hydrogen) atoms. The highest BCUT2D eigenvalue weighted by molar-refractivity contribution is 6.31. The van der Waals surface area contributed by atoms with Crippen LogP contribution in [0.15, 0.2) is 18.2 Å². The minimum absolute atomic E-state index is 0.0660. The van der Waals surface area contributed by atoms with Gasteiger partial charge in [0, 0.05) is 50.3 Å². The summed E-state index contributed by atoms with van der Waals surface area (Å²) in [4.78, 5) is 16.3. The number of halogens is 2. The number of amides is 1. The summed E-state index contributed by atoms with van der Waals surface area (Å²) in [6, 6.07) is 4.50. The zero-order chi connectivity index (χ0) is 14.1. The minimum atomic E-state index is -0.509. The first-order valence-corrected chi connectivity index (χ1v) is 7.22. The number of carbonyl (C=O) groups is 1. The molecule has 3 rings (SSSR count). The molecule has 0 aliphatic carbocycles. The van der Waals surface area contributed by atoms with Crippen LogP contribution in [0, 0.1) is 5.82 Å². The molecule has 0 spiro atoms. The molecule has 1 amide bonds. The van der Waals surface area contributed by atoms with E-state index in [1.165, 1.54) is 18.2 Å². The predicted molar refractivity (Wildman–Crippen MR) is 75.5 cm³/mol. The Balaban J connectivity index is 1.61. The van der Waals surface area contributed by atoms with Crippen molar-refractivity contribution in [3.63, 3.8) is 0 Å². The molecule has 1 aromatic carbocycles. The van der Waals surface area contributed by atoms with Crippen LogP contribution in [0.4, 0.5) is 4.39 Å². The third-order valence-electron chi connectivity index (χ3n) is 3.98. The molecule has 2 fully saturated rings. The van der Waals surface area contributed by atoms with E-state index in [1.54, 1.807) is 4.90 Å². The van der Waals surface area contributed by atoms with Crippen LogP contribution in [0.5, 0.6) is 0 Å². The quantitative estimate of drug-likeness (QED) is 0.891. The van der Waals surface area contributed by atoms with Crippen molar-refractivity contribution in [2.75, 3.05) is 39.3 Å². The van der Waals surface area contributed by atoms with E-state index in [4.69, 9.17) is 11.6 Å². The average molecular weight is 298 g/mol. The van der Waals surface area contributed by atoms with Crippen molar-refractivity contribution in [1.29, 1.82) is 0 Å². The van der Waals surface area contributed by atoms with Gasteiger partial charge in [-0.15, -0.1) is 0 Å². The first-order chi connectivity index (χ1) is 9.65. The van der Waals surface area contributed by atoms with Crippen molar-refractivity contribution in [3.8, 4) is 0 Å². The molecule has 0 radical (unpaired) electrons. The molecule has 0 aromatic heterocycles. The maximum Gasteiger partial charge on any atom is 0.256 e. The van der Waals surface area contributed by atoms with Crippen LogP contribution < -0.4 is 5.32 Å². The van der Waals surface area contributed by atoms with E-state index >= 15 is 0 Å². The largest absolute Gasteiger partial charge is 0.335 e. The van der Waals surface area contributed by atoms with Crippen LogP contribution in [0.1, 0.15) is 10.4 Å². The van der Waals surface area contributed by atoms with Gasteiger partial charge in [0.15, 0.2) is 0 Å². The third-order valence-corrected chi connectivity index (χ3v) is 4.21. The maximum atomic E-state index is 13.7. The summed E-state index contributed by atoms with van der Waals surface area (Å²) in [6.45, 7) is 5.35. The Morgan fingerprint density at radius 1 is 1.30 bits per heavy atom. The number of hydrogen-bond donors (Lipinski definition) is 1. The summed E-state index contributed by atoms with van der Waals surface area (Å²) >= 11 is 5.82. The second kappa shape index (κ2) is 5.68. The Kier molecular flexibility index (Phi) is 3.92. The van der Waals surface area contributed by atoms with Gasteiger partial charge >= 0.3 is 0 Å². The van der Waals surface area contributed by atoms with E-state index in [0.29, 0.717) is 24.2 Å². The summed E-state index contributed by atoms with van der Waals surface area (Å²) in [6.07, 6.45) is 0. The zero-order valence-electron chi connectivity index (χ0n) is 11.1. The molecule has 2 saturated heterocycles. The van der Waals surface area contributed by atoms with Crippen LogP contribution in [0.3, 0.4) is 0 Å². The van der Waals surface area contributed by atoms with Crippen LogP contribution >= 0.6 is 11.6 Å². The SMILES string of the molecule is O=C(c1cc(Cl)ccc1F)N1CC(N2CCNCC2)C1. The van der Waals surface area contributed by atoms with Gasteiger partial charge in [-0.2, -0.15) is 0 Å². The summed E-state index contributed by atoms with van der Waals surface area (Å²) in [5, 5.41) is 3.69. The number of carbonyl (C=O) groups excluding carboxylic acids is 1. The molecule has 0 unspecified atom stereocenters. The molecule has 0 saturated carbocycles. The monoisotopic (exact) mass is 297 g/mol. The fraction of sp³-hybridized carbons (Fsp3) is 0.500. The minimum Gasteiger partial charge on any atom is -0.335 e. The predicted octanol–water partition coefficient (Wildman–Crippen LogP) is 1.21. The standard InChI is InChI=1S/C14H17ClFN3O/c15-10-1-2-13(16)12(7-10)14(20)19-8-11(9-19)18-5-3-17-4-6-18/h1-2,7,11,17H,3-6,8-9H2. The second-order valence-electron chi connectivity index (χ2n) is 5.27. The van der Waals surface area contributed by atoms with Crippen molar-refractivity contribution < 1.29 is 9.18 Å². The van der Waals surface area contributed by atoms with E-state index in [1.807, 2.05) is 0 Å². The Hall–Kier alpha value is -1.17. The normalized spacial score (nSPS) is 20.8. The number of nitrogens with one attached hydrogen (secondary N) is 1. The lowest BCUT2D eigenvalue weighted by atomic mass is 10.0. The number of rotatable bonds is 2. The number of piperazine rings is 1. The summed E-state index contributed by atoms with van der Waals surface area (Å²) < 4.78 is 13.7. The molecular weight excluding hydrogens is 281 g/mol. The fourth-order valence-corrected chi connectivity index (χ4v) is 2.90. The van der Waals surface area contributed by atoms with E-state index < -0.39 is 5.82 Å². The fourth-order valence-electron chi connectivity index (χ4n) is 2.73. The van der Waals surface area contributed by atoms with Crippen LogP contribution in [0.25, 0.3) is 0 Å². The average Bonchev–Trinajstić information content (AvgIpc) is 2.41. The highest BCUT2D eigenvalue weighted by atomic mass is 35.5. The van der Waals surface area contributed by atoms with E-state index in [9.17, 15) is 9.18 Å². The van der Waals surface area contributed by atoms with Gasteiger partial charge in [-0.3, -0.25) is 9.69 Å². The lowest BCUT2D eigenvalue weighted by molar-refractivity contribution is 0.0224. The smallest absolute Gasteiger partial charge is 0.256 e. The molecule has 108 valence electrons. The number of nitrogens with zero attached hydrogens (tertiary/aromatic N) is 2. The number of benzene rings is 1. The van der Waals surface area contributed by atoms with Gasteiger partial charge in [-0.1, -0.05) is 11.6 Å². The van der Waals surface area contributed by atoms with Crippen LogP contribution in [-0.4, -0.2) is 61.0 Å². The molecule has 0 bridgehead atoms. The lowest BCUT2D eigenvalue weighted by Gasteiger charge is -2.46. The molecule has 2 aliphatic heterocycles. The second-order valence-corrected chi connectivity index (χ2v) is 5.71. The highest BCUT2D eigenvalue weighted by Crippen LogP contribution is 2.22. The molecule has 2 aliphatic rings. The third kappa shape index (κ3) is 2.66. The molecule has 0 atom stereocenters. The van der Waals surface area contributed by atoms with Gasteiger partial charge in [0.1, 0.15) is 5.82 Å². The summed E-state index contributed by atoms with van der Waals surface area (Å²) in [5.74, 6) is -0.776. The van der Waals surface area contributed by atoms with Gasteiger partial charge in [0.2, 0.25) is 0 Å². The Morgan fingerprint density at radius 2 is 2.00 bits per heavy atom. The van der Waals surface area contributed by atoms with Crippen molar-refractivity contribution in [2.45, 2.75) is 6.04 Å². The Labute approximate surface area is 122 Å². The van der Waals surface area contributed by atoms with Crippen molar-refractivity contribution in [3.05, 3.63) is 34.6 Å². The zero-order valence-corrected chi connectivity index (χ0v) is 11.9. The van der Waals surface area contributed by atoms with Crippen molar-refractivity contribution in [1.82, 2.24) is 15.1 Å². The van der Waals surface area contributed by atoms with Crippen molar-refractivity contribution >= 4 is 17.5 Å². The topological polar surface area (TPSA) is 35.6 Å². The molecule has 1 aromatic rings. The first-order valence-electron chi connectivity index (χ1n) is 6.84. The van der Waals surface area contributed by atoms with Gasteiger partial charge in [-0.25, -0.2) is 4.39 Å². The highest BCUT2D eigenvalue weighted by Gasteiger charge is 2.36. The van der Waals surface area contributed by atoms with E-state index in [0.717, 1.165) is 26.2 Å². The van der Waals surface area contributed by atoms with Gasteiger partial charge in [0.05, 0.1) is 5.56 Å². The lowest BCUT2D eigenvalue weighted by Crippen LogP contribution is -2.63. The maximum absolute atomic E-state index is 13.7. The van der Waals surface area contributed by atoms with Crippen LogP contribution in [0.2, 0.25) is 5.02 Å².